The van der Waals surface area contributed by atoms with Crippen molar-refractivity contribution >= 4 is 22.9 Å². The molecule has 2 N–H and O–H groups in total. The Morgan fingerprint density at radius 1 is 1.26 bits per heavy atom. The number of aliphatic hydroxyl groups is 1. The second kappa shape index (κ2) is 6.20. The Hall–Kier alpha value is -2.70. The molecule has 0 aromatic carbocycles. The molecule has 0 radical (unpaired) electrons. The number of carbonyl (C=O) groups is 1. The molecule has 0 saturated carbocycles. The zero-order chi connectivity index (χ0) is 16.4. The van der Waals surface area contributed by atoms with Gasteiger partial charge in [0.1, 0.15) is 12.1 Å². The van der Waals surface area contributed by atoms with Crippen LogP contribution in [0.5, 0.6) is 0 Å². The summed E-state index contributed by atoms with van der Waals surface area (Å²) in [7, 11) is 0. The van der Waals surface area contributed by atoms with Crippen molar-refractivity contribution in [3.8, 4) is 0 Å². The van der Waals surface area contributed by atoms with Crippen LogP contribution in [0.1, 0.15) is 44.1 Å². The molecule has 0 saturated heterocycles. The van der Waals surface area contributed by atoms with Gasteiger partial charge in [0, 0.05) is 12.0 Å². The number of hydrogen-bond donors (Lipinski definition) is 2. The number of pyridine rings is 1. The minimum absolute atomic E-state index is 0.0149. The Labute approximate surface area is 131 Å². The molecule has 1 aliphatic carbocycles. The minimum Gasteiger partial charge on any atom is -0.510 e. The van der Waals surface area contributed by atoms with E-state index in [1.165, 1.54) is 16.9 Å². The van der Waals surface area contributed by atoms with Gasteiger partial charge in [-0.3, -0.25) is 9.59 Å². The molecule has 7 heteroatoms. The number of aromatic nitrogens is 3. The largest absolute Gasteiger partial charge is 0.510 e. The van der Waals surface area contributed by atoms with Crippen LogP contribution in [0, 0.1) is 0 Å². The molecule has 0 aliphatic heterocycles. The van der Waals surface area contributed by atoms with E-state index in [2.05, 4.69) is 16.2 Å². The van der Waals surface area contributed by atoms with E-state index in [4.69, 9.17) is 5.11 Å². The Kier molecular flexibility index (Phi) is 4.10. The normalized spacial score (nSPS) is 16.3. The highest BCUT2D eigenvalue weighted by atomic mass is 16.4. The molecule has 0 spiro atoms. The summed E-state index contributed by atoms with van der Waals surface area (Å²) in [6.45, 7) is 0. The quantitative estimate of drug-likeness (QED) is 0.881. The molecule has 2 heterocycles. The molecular weight excluding hydrogens is 298 g/mol. The summed E-state index contributed by atoms with van der Waals surface area (Å²) in [5, 5.41) is 22.9. The van der Waals surface area contributed by atoms with Gasteiger partial charge in [-0.15, -0.1) is 0 Å². The maximum absolute atomic E-state index is 12.4. The second-order valence-corrected chi connectivity index (χ2v) is 5.58. The summed E-state index contributed by atoms with van der Waals surface area (Å²) in [6.07, 6.45) is 7.13. The molecular formula is C16H17N3O4. The lowest BCUT2D eigenvalue weighted by atomic mass is 9.94. The molecule has 0 bridgehead atoms. The first kappa shape index (κ1) is 15.2. The highest BCUT2D eigenvalue weighted by Gasteiger charge is 2.16. The van der Waals surface area contributed by atoms with Crippen LogP contribution in [0.2, 0.25) is 0 Å². The third-order valence-corrected chi connectivity index (χ3v) is 4.00. The van der Waals surface area contributed by atoms with E-state index in [1.807, 2.05) is 0 Å². The Morgan fingerprint density at radius 3 is 2.78 bits per heavy atom. The van der Waals surface area contributed by atoms with Crippen LogP contribution >= 0.6 is 0 Å². The van der Waals surface area contributed by atoms with E-state index < -0.39 is 5.97 Å². The number of carboxylic acid groups (broad SMARTS) is 1. The third kappa shape index (κ3) is 2.94. The Bertz CT molecular complexity index is 898. The van der Waals surface area contributed by atoms with Crippen LogP contribution in [-0.4, -0.2) is 30.8 Å². The van der Waals surface area contributed by atoms with E-state index in [9.17, 15) is 14.7 Å². The predicted octanol–water partition coefficient (Wildman–Crippen LogP) is 1.30. The van der Waals surface area contributed by atoms with Crippen LogP contribution in [0.4, 0.5) is 0 Å². The molecule has 0 unspecified atom stereocenters. The first-order valence-electron chi connectivity index (χ1n) is 7.58. The molecule has 2 aromatic rings. The molecule has 0 atom stereocenters. The lowest BCUT2D eigenvalue weighted by Gasteiger charge is -2.13. The SMILES string of the molecule is O=C(O)CC/C(O)=c1\c(=O)cc(C2=CCCCC2)c2ncnn12. The lowest BCUT2D eigenvalue weighted by Crippen LogP contribution is -2.35. The average molecular weight is 315 g/mol. The number of hydrogen-bond acceptors (Lipinski definition) is 5. The molecule has 2 aromatic heterocycles. The summed E-state index contributed by atoms with van der Waals surface area (Å²) in [5.41, 5.74) is 1.94. The number of rotatable bonds is 4. The summed E-state index contributed by atoms with van der Waals surface area (Å²) >= 11 is 0. The maximum Gasteiger partial charge on any atom is 0.303 e. The lowest BCUT2D eigenvalue weighted by molar-refractivity contribution is -0.136. The van der Waals surface area contributed by atoms with Gasteiger partial charge in [-0.2, -0.15) is 5.10 Å². The second-order valence-electron chi connectivity index (χ2n) is 5.58. The van der Waals surface area contributed by atoms with Crippen LogP contribution in [0.25, 0.3) is 17.0 Å². The van der Waals surface area contributed by atoms with Gasteiger partial charge in [0.2, 0.25) is 5.43 Å². The molecule has 7 nitrogen and oxygen atoms in total. The zero-order valence-electron chi connectivity index (χ0n) is 12.5. The number of fused-ring (bicyclic) bond motifs is 1. The number of aliphatic hydroxyl groups excluding tert-OH is 1. The fourth-order valence-electron chi connectivity index (χ4n) is 2.88. The summed E-state index contributed by atoms with van der Waals surface area (Å²) in [4.78, 5) is 27.3. The smallest absolute Gasteiger partial charge is 0.303 e. The third-order valence-electron chi connectivity index (χ3n) is 4.00. The Morgan fingerprint density at radius 2 is 2.09 bits per heavy atom. The van der Waals surface area contributed by atoms with Gasteiger partial charge in [0.25, 0.3) is 0 Å². The van der Waals surface area contributed by atoms with E-state index in [1.54, 1.807) is 0 Å². The van der Waals surface area contributed by atoms with Crippen LogP contribution in [0.15, 0.2) is 23.3 Å². The fraction of sp³-hybridized carbons (Fsp3) is 0.375. The van der Waals surface area contributed by atoms with Crippen molar-refractivity contribution in [1.29, 1.82) is 0 Å². The van der Waals surface area contributed by atoms with Crippen LogP contribution in [0.3, 0.4) is 0 Å². The standard InChI is InChI=1S/C16H17N3O4/c20-12(6-7-14(22)23)15-13(21)8-11(10-4-2-1-3-5-10)16-17-9-18-19(15)16/h4,8-9,20H,1-3,5-7H2,(H,22,23)/b15-12-. The summed E-state index contributed by atoms with van der Waals surface area (Å²) in [5.74, 6) is -1.32. The van der Waals surface area contributed by atoms with Crippen molar-refractivity contribution < 1.29 is 15.0 Å². The highest BCUT2D eigenvalue weighted by molar-refractivity contribution is 5.76. The minimum atomic E-state index is -1.04. The molecule has 23 heavy (non-hydrogen) atoms. The molecule has 0 fully saturated rings. The van der Waals surface area contributed by atoms with Gasteiger partial charge in [-0.25, -0.2) is 9.50 Å². The number of aliphatic carboxylic acids is 1. The van der Waals surface area contributed by atoms with Gasteiger partial charge < -0.3 is 10.2 Å². The number of carboxylic acids is 1. The molecule has 120 valence electrons. The maximum atomic E-state index is 12.4. The van der Waals surface area contributed by atoms with E-state index in [0.717, 1.165) is 36.8 Å². The Balaban J connectivity index is 2.19. The highest BCUT2D eigenvalue weighted by Crippen LogP contribution is 2.27. The van der Waals surface area contributed by atoms with Crippen molar-refractivity contribution in [3.05, 3.63) is 39.6 Å². The van der Waals surface area contributed by atoms with Crippen molar-refractivity contribution in [2.75, 3.05) is 0 Å². The first-order valence-corrected chi connectivity index (χ1v) is 7.58. The van der Waals surface area contributed by atoms with E-state index in [-0.39, 0.29) is 29.4 Å². The molecule has 0 amide bonds. The van der Waals surface area contributed by atoms with Crippen LogP contribution < -0.4 is 10.8 Å². The average Bonchev–Trinajstić information content (AvgIpc) is 3.01. The van der Waals surface area contributed by atoms with Gasteiger partial charge in [-0.1, -0.05) is 6.08 Å². The van der Waals surface area contributed by atoms with Crippen molar-refractivity contribution in [2.24, 2.45) is 0 Å². The first-order chi connectivity index (χ1) is 11.1. The molecule has 1 aliphatic rings. The molecule has 3 rings (SSSR count). The van der Waals surface area contributed by atoms with Gasteiger partial charge in [0.05, 0.1) is 6.42 Å². The summed E-state index contributed by atoms with van der Waals surface area (Å²) < 4.78 is 1.31. The number of nitrogens with zero attached hydrogens (tertiary/aromatic N) is 3. The van der Waals surface area contributed by atoms with Gasteiger partial charge in [0.15, 0.2) is 11.0 Å². The van der Waals surface area contributed by atoms with Crippen LogP contribution in [-0.2, 0) is 4.79 Å². The van der Waals surface area contributed by atoms with E-state index in [0.29, 0.717) is 5.65 Å². The summed E-state index contributed by atoms with van der Waals surface area (Å²) in [6, 6.07) is 1.47. The van der Waals surface area contributed by atoms with E-state index >= 15 is 0 Å². The van der Waals surface area contributed by atoms with Gasteiger partial charge in [-0.05, 0) is 37.3 Å². The zero-order valence-corrected chi connectivity index (χ0v) is 12.5. The van der Waals surface area contributed by atoms with Crippen molar-refractivity contribution in [2.45, 2.75) is 38.5 Å². The van der Waals surface area contributed by atoms with Crippen molar-refractivity contribution in [1.82, 2.24) is 14.6 Å². The monoisotopic (exact) mass is 315 g/mol. The number of allylic oxidation sites excluding steroid dienone is 2. The predicted molar refractivity (Wildman–Crippen MR) is 83.8 cm³/mol. The van der Waals surface area contributed by atoms with Crippen molar-refractivity contribution in [3.63, 3.8) is 0 Å². The fourth-order valence-corrected chi connectivity index (χ4v) is 2.88. The van der Waals surface area contributed by atoms with Gasteiger partial charge >= 0.3 is 5.97 Å². The topological polar surface area (TPSA) is 105 Å².